The van der Waals surface area contributed by atoms with E-state index in [0.29, 0.717) is 18.9 Å². The number of carbonyl (C=O) groups is 1. The van der Waals surface area contributed by atoms with E-state index >= 15 is 0 Å². The lowest BCUT2D eigenvalue weighted by molar-refractivity contribution is -0.132. The van der Waals surface area contributed by atoms with Crippen molar-refractivity contribution in [3.8, 4) is 0 Å². The maximum absolute atomic E-state index is 12.6. The van der Waals surface area contributed by atoms with Gasteiger partial charge in [-0.1, -0.05) is 25.3 Å². The molecule has 0 radical (unpaired) electrons. The highest BCUT2D eigenvalue weighted by molar-refractivity contribution is 5.79. The van der Waals surface area contributed by atoms with Crippen molar-refractivity contribution < 1.29 is 9.90 Å². The Morgan fingerprint density at radius 3 is 2.86 bits per heavy atom. The molecule has 1 aromatic rings. The fourth-order valence-corrected chi connectivity index (χ4v) is 3.87. The van der Waals surface area contributed by atoms with E-state index < -0.39 is 0 Å². The first-order valence-electron chi connectivity index (χ1n) is 8.10. The minimum atomic E-state index is -0.352. The highest BCUT2D eigenvalue weighted by Gasteiger charge is 2.38. The summed E-state index contributed by atoms with van der Waals surface area (Å²) in [7, 11) is 0. The van der Waals surface area contributed by atoms with Crippen LogP contribution in [0.2, 0.25) is 0 Å². The van der Waals surface area contributed by atoms with Gasteiger partial charge < -0.3 is 10.0 Å². The smallest absolute Gasteiger partial charge is 0.227 e. The van der Waals surface area contributed by atoms with Crippen LogP contribution in [0.4, 0.5) is 0 Å². The summed E-state index contributed by atoms with van der Waals surface area (Å²) in [5, 5.41) is 10.0. The van der Waals surface area contributed by atoms with E-state index in [1.807, 2.05) is 17.0 Å². The number of nitrogens with zero attached hydrogens (tertiary/aromatic N) is 2. The van der Waals surface area contributed by atoms with E-state index in [4.69, 9.17) is 0 Å². The standard InChI is InChI=1S/C17H24N2O2/c20-15-10-16(14-6-2-1-3-7-14)19(12-15)17(21)9-13-5-4-8-18-11-13/h4-5,8,11,14-16,20H,1-3,6-7,9-10,12H2/t15-,16-/m1/s1. The van der Waals surface area contributed by atoms with Gasteiger partial charge in [-0.3, -0.25) is 9.78 Å². The molecule has 1 aliphatic carbocycles. The third-order valence-corrected chi connectivity index (χ3v) is 4.91. The van der Waals surface area contributed by atoms with Gasteiger partial charge in [0.05, 0.1) is 12.5 Å². The van der Waals surface area contributed by atoms with Crippen molar-refractivity contribution in [1.29, 1.82) is 0 Å². The van der Waals surface area contributed by atoms with E-state index in [1.54, 1.807) is 12.4 Å². The number of pyridine rings is 1. The van der Waals surface area contributed by atoms with Gasteiger partial charge in [0.1, 0.15) is 0 Å². The van der Waals surface area contributed by atoms with E-state index in [1.165, 1.54) is 32.1 Å². The fourth-order valence-electron chi connectivity index (χ4n) is 3.87. The molecule has 4 nitrogen and oxygen atoms in total. The molecule has 114 valence electrons. The number of amides is 1. The van der Waals surface area contributed by atoms with E-state index in [2.05, 4.69) is 4.98 Å². The van der Waals surface area contributed by atoms with Crippen LogP contribution in [0.5, 0.6) is 0 Å². The number of β-amino-alcohol motifs (C(OH)–C–C–N with tert-alkyl or cyclic N) is 1. The Bertz CT molecular complexity index is 471. The molecule has 0 bridgehead atoms. The molecular weight excluding hydrogens is 264 g/mol. The monoisotopic (exact) mass is 288 g/mol. The molecule has 1 saturated carbocycles. The zero-order valence-corrected chi connectivity index (χ0v) is 12.4. The Morgan fingerprint density at radius 1 is 1.33 bits per heavy atom. The molecule has 2 fully saturated rings. The van der Waals surface area contributed by atoms with Crippen LogP contribution < -0.4 is 0 Å². The molecule has 1 N–H and O–H groups in total. The lowest BCUT2D eigenvalue weighted by atomic mass is 9.82. The van der Waals surface area contributed by atoms with Crippen LogP contribution in [0.1, 0.15) is 44.1 Å². The Labute approximate surface area is 126 Å². The molecule has 0 unspecified atom stereocenters. The fraction of sp³-hybridized carbons (Fsp3) is 0.647. The zero-order valence-electron chi connectivity index (χ0n) is 12.4. The SMILES string of the molecule is O=C(Cc1cccnc1)N1C[C@H](O)C[C@@H]1C1CCCCC1. The van der Waals surface area contributed by atoms with E-state index in [0.717, 1.165) is 12.0 Å². The molecule has 0 spiro atoms. The number of hydrogen-bond acceptors (Lipinski definition) is 3. The number of likely N-dealkylation sites (tertiary alicyclic amines) is 1. The predicted molar refractivity (Wildman–Crippen MR) is 80.6 cm³/mol. The summed E-state index contributed by atoms with van der Waals surface area (Å²) in [6.45, 7) is 0.500. The van der Waals surface area contributed by atoms with Crippen LogP contribution in [0, 0.1) is 5.92 Å². The number of aliphatic hydroxyl groups is 1. The summed E-state index contributed by atoms with van der Waals surface area (Å²) in [5.41, 5.74) is 0.950. The number of hydrogen-bond donors (Lipinski definition) is 1. The van der Waals surface area contributed by atoms with Gasteiger partial charge >= 0.3 is 0 Å². The summed E-state index contributed by atoms with van der Waals surface area (Å²) in [5.74, 6) is 0.712. The van der Waals surface area contributed by atoms with Gasteiger partial charge in [0.15, 0.2) is 0 Å². The first-order chi connectivity index (χ1) is 10.2. The molecule has 0 aromatic carbocycles. The molecule has 3 rings (SSSR count). The Hall–Kier alpha value is -1.42. The maximum Gasteiger partial charge on any atom is 0.227 e. The van der Waals surface area contributed by atoms with Crippen molar-refractivity contribution in [1.82, 2.24) is 9.88 Å². The lowest BCUT2D eigenvalue weighted by Gasteiger charge is -2.33. The van der Waals surface area contributed by atoms with Crippen LogP contribution in [0.15, 0.2) is 24.5 Å². The largest absolute Gasteiger partial charge is 0.391 e. The van der Waals surface area contributed by atoms with Gasteiger partial charge in [0, 0.05) is 25.0 Å². The van der Waals surface area contributed by atoms with Crippen molar-refractivity contribution in [2.24, 2.45) is 5.92 Å². The molecule has 1 aromatic heterocycles. The summed E-state index contributed by atoms with van der Waals surface area (Å²) in [4.78, 5) is 18.6. The third-order valence-electron chi connectivity index (χ3n) is 4.91. The summed E-state index contributed by atoms with van der Waals surface area (Å²) in [6, 6.07) is 4.04. The normalized spacial score (nSPS) is 27.0. The van der Waals surface area contributed by atoms with E-state index in [-0.39, 0.29) is 18.1 Å². The van der Waals surface area contributed by atoms with Gasteiger partial charge in [-0.25, -0.2) is 0 Å². The molecule has 2 heterocycles. The van der Waals surface area contributed by atoms with Gasteiger partial charge in [-0.05, 0) is 36.8 Å². The summed E-state index contributed by atoms with van der Waals surface area (Å²) in [6.07, 6.45) is 10.5. The van der Waals surface area contributed by atoms with Crippen LogP contribution in [0.3, 0.4) is 0 Å². The van der Waals surface area contributed by atoms with Crippen LogP contribution in [0.25, 0.3) is 0 Å². The zero-order chi connectivity index (χ0) is 14.7. The number of aliphatic hydroxyl groups excluding tert-OH is 1. The van der Waals surface area contributed by atoms with Crippen molar-refractivity contribution >= 4 is 5.91 Å². The Morgan fingerprint density at radius 2 is 2.14 bits per heavy atom. The molecular formula is C17H24N2O2. The molecule has 1 aliphatic heterocycles. The molecule has 1 saturated heterocycles. The van der Waals surface area contributed by atoms with Crippen LogP contribution >= 0.6 is 0 Å². The average molecular weight is 288 g/mol. The third kappa shape index (κ3) is 3.43. The second kappa shape index (κ2) is 6.56. The van der Waals surface area contributed by atoms with Gasteiger partial charge in [0.2, 0.25) is 5.91 Å². The van der Waals surface area contributed by atoms with Crippen molar-refractivity contribution in [2.45, 2.75) is 57.1 Å². The highest BCUT2D eigenvalue weighted by Crippen LogP contribution is 2.34. The first-order valence-corrected chi connectivity index (χ1v) is 8.10. The molecule has 21 heavy (non-hydrogen) atoms. The number of aromatic nitrogens is 1. The number of carbonyl (C=O) groups excluding carboxylic acids is 1. The summed E-state index contributed by atoms with van der Waals surface area (Å²) < 4.78 is 0. The quantitative estimate of drug-likeness (QED) is 0.927. The molecule has 2 atom stereocenters. The second-order valence-electron chi connectivity index (χ2n) is 6.44. The lowest BCUT2D eigenvalue weighted by Crippen LogP contribution is -2.41. The molecule has 2 aliphatic rings. The minimum Gasteiger partial charge on any atom is -0.391 e. The van der Waals surface area contributed by atoms with Gasteiger partial charge in [0.25, 0.3) is 0 Å². The summed E-state index contributed by atoms with van der Waals surface area (Å²) >= 11 is 0. The highest BCUT2D eigenvalue weighted by atomic mass is 16.3. The topological polar surface area (TPSA) is 53.4 Å². The van der Waals surface area contributed by atoms with Crippen molar-refractivity contribution in [3.05, 3.63) is 30.1 Å². The maximum atomic E-state index is 12.6. The van der Waals surface area contributed by atoms with Gasteiger partial charge in [-0.2, -0.15) is 0 Å². The Kier molecular flexibility index (Phi) is 4.54. The first kappa shape index (κ1) is 14.5. The molecule has 1 amide bonds. The number of rotatable bonds is 3. The van der Waals surface area contributed by atoms with Crippen LogP contribution in [-0.2, 0) is 11.2 Å². The Balaban J connectivity index is 1.67. The molecule has 4 heteroatoms. The second-order valence-corrected chi connectivity index (χ2v) is 6.44. The minimum absolute atomic E-state index is 0.134. The van der Waals surface area contributed by atoms with Gasteiger partial charge in [-0.15, -0.1) is 0 Å². The average Bonchev–Trinajstić information content (AvgIpc) is 2.91. The van der Waals surface area contributed by atoms with Crippen molar-refractivity contribution in [2.75, 3.05) is 6.54 Å². The van der Waals surface area contributed by atoms with Crippen molar-refractivity contribution in [3.63, 3.8) is 0 Å². The predicted octanol–water partition coefficient (Wildman–Crippen LogP) is 2.17. The van der Waals surface area contributed by atoms with Crippen LogP contribution in [-0.4, -0.2) is 39.6 Å². The van der Waals surface area contributed by atoms with E-state index in [9.17, 15) is 9.90 Å².